The summed E-state index contributed by atoms with van der Waals surface area (Å²) in [6.45, 7) is -0.00959. The van der Waals surface area contributed by atoms with Crippen LogP contribution in [0, 0.1) is 0 Å². The molecular formula is C20H22N2O3. The van der Waals surface area contributed by atoms with Crippen molar-refractivity contribution in [3.8, 4) is 0 Å². The van der Waals surface area contributed by atoms with Crippen molar-refractivity contribution in [1.82, 2.24) is 0 Å². The molecule has 2 N–H and O–H groups in total. The minimum Gasteiger partial charge on any atom is -0.375 e. The normalized spacial score (nSPS) is 10.6. The zero-order chi connectivity index (χ0) is 17.9. The maximum absolute atomic E-state index is 12.0. The molecule has 0 aliphatic heterocycles. The molecule has 0 atom stereocenters. The molecule has 0 radical (unpaired) electrons. The van der Waals surface area contributed by atoms with Gasteiger partial charge in [-0.3, -0.25) is 9.59 Å². The van der Waals surface area contributed by atoms with Gasteiger partial charge in [0, 0.05) is 24.9 Å². The summed E-state index contributed by atoms with van der Waals surface area (Å²) in [6, 6.07) is 17.0. The smallest absolute Gasteiger partial charge is 0.250 e. The van der Waals surface area contributed by atoms with Gasteiger partial charge in [-0.1, -0.05) is 48.6 Å². The zero-order valence-electron chi connectivity index (χ0n) is 14.2. The van der Waals surface area contributed by atoms with Crippen LogP contribution < -0.4 is 10.6 Å². The fourth-order valence-corrected chi connectivity index (χ4v) is 2.22. The number of ether oxygens (including phenoxy) is 1. The van der Waals surface area contributed by atoms with E-state index < -0.39 is 0 Å². The summed E-state index contributed by atoms with van der Waals surface area (Å²) in [5.41, 5.74) is 2.37. The maximum Gasteiger partial charge on any atom is 0.250 e. The van der Waals surface area contributed by atoms with E-state index >= 15 is 0 Å². The van der Waals surface area contributed by atoms with E-state index in [4.69, 9.17) is 4.74 Å². The maximum atomic E-state index is 12.0. The Morgan fingerprint density at radius 2 is 1.64 bits per heavy atom. The molecule has 0 spiro atoms. The molecule has 2 amide bonds. The highest BCUT2D eigenvalue weighted by Crippen LogP contribution is 2.15. The topological polar surface area (TPSA) is 67.4 Å². The quantitative estimate of drug-likeness (QED) is 0.771. The summed E-state index contributed by atoms with van der Waals surface area (Å²) in [5, 5.41) is 5.53. The molecular weight excluding hydrogens is 316 g/mol. The standard InChI is InChI=1S/C20H22N2O3/c1-25-15-20(24)22-18-12-7-11-17(14-18)21-19(23)13-6-5-10-16-8-3-2-4-9-16/h2-5,7-12,14H,6,13,15H2,1H3,(H,21,23)(H,22,24). The van der Waals surface area contributed by atoms with Gasteiger partial charge in [0.2, 0.25) is 11.8 Å². The average Bonchev–Trinajstić information content (AvgIpc) is 2.60. The molecule has 25 heavy (non-hydrogen) atoms. The van der Waals surface area contributed by atoms with Crippen LogP contribution in [-0.4, -0.2) is 25.5 Å². The highest BCUT2D eigenvalue weighted by molar-refractivity contribution is 5.94. The van der Waals surface area contributed by atoms with Gasteiger partial charge in [0.25, 0.3) is 0 Å². The fourth-order valence-electron chi connectivity index (χ4n) is 2.22. The van der Waals surface area contributed by atoms with Crippen molar-refractivity contribution in [3.05, 3.63) is 66.2 Å². The molecule has 0 aliphatic rings. The lowest BCUT2D eigenvalue weighted by molar-refractivity contribution is -0.119. The summed E-state index contributed by atoms with van der Waals surface area (Å²) in [5.74, 6) is -0.310. The third kappa shape index (κ3) is 7.01. The summed E-state index contributed by atoms with van der Waals surface area (Å²) in [4.78, 5) is 23.5. The molecule has 0 saturated heterocycles. The molecule has 5 heteroatoms. The summed E-state index contributed by atoms with van der Waals surface area (Å²) >= 11 is 0. The van der Waals surface area contributed by atoms with Crippen molar-refractivity contribution in [3.63, 3.8) is 0 Å². The van der Waals surface area contributed by atoms with Crippen LogP contribution in [0.25, 0.3) is 6.08 Å². The minimum atomic E-state index is -0.239. The second kappa shape index (κ2) is 10.1. The first kappa shape index (κ1) is 18.4. The Labute approximate surface area is 147 Å². The van der Waals surface area contributed by atoms with E-state index in [9.17, 15) is 9.59 Å². The second-order valence-electron chi connectivity index (χ2n) is 5.46. The number of anilines is 2. The number of allylic oxidation sites excluding steroid dienone is 1. The molecule has 130 valence electrons. The van der Waals surface area contributed by atoms with E-state index in [1.165, 1.54) is 7.11 Å². The van der Waals surface area contributed by atoms with Gasteiger partial charge in [0.05, 0.1) is 0 Å². The number of carbonyl (C=O) groups is 2. The van der Waals surface area contributed by atoms with Crippen LogP contribution in [0.4, 0.5) is 11.4 Å². The number of rotatable bonds is 8. The van der Waals surface area contributed by atoms with Gasteiger partial charge >= 0.3 is 0 Å². The zero-order valence-corrected chi connectivity index (χ0v) is 14.2. The number of methoxy groups -OCH3 is 1. The molecule has 0 bridgehead atoms. The van der Waals surface area contributed by atoms with Crippen LogP contribution in [0.1, 0.15) is 18.4 Å². The monoisotopic (exact) mass is 338 g/mol. The molecule has 0 aliphatic carbocycles. The number of nitrogens with one attached hydrogen (secondary N) is 2. The lowest BCUT2D eigenvalue weighted by atomic mass is 10.2. The van der Waals surface area contributed by atoms with Crippen LogP contribution in [0.15, 0.2) is 60.7 Å². The van der Waals surface area contributed by atoms with E-state index in [1.54, 1.807) is 24.3 Å². The van der Waals surface area contributed by atoms with Gasteiger partial charge in [-0.25, -0.2) is 0 Å². The highest BCUT2D eigenvalue weighted by atomic mass is 16.5. The molecule has 2 aromatic rings. The van der Waals surface area contributed by atoms with Gasteiger partial charge in [-0.15, -0.1) is 0 Å². The van der Waals surface area contributed by atoms with Crippen LogP contribution in [-0.2, 0) is 14.3 Å². The van der Waals surface area contributed by atoms with E-state index in [1.807, 2.05) is 42.5 Å². The fraction of sp³-hybridized carbons (Fsp3) is 0.200. The summed E-state index contributed by atoms with van der Waals surface area (Å²) < 4.78 is 4.77. The van der Waals surface area contributed by atoms with Gasteiger partial charge in [0.15, 0.2) is 0 Å². The van der Waals surface area contributed by atoms with E-state index in [0.29, 0.717) is 24.2 Å². The predicted molar refractivity (Wildman–Crippen MR) is 100 cm³/mol. The number of hydrogen-bond acceptors (Lipinski definition) is 3. The van der Waals surface area contributed by atoms with Crippen molar-refractivity contribution in [2.24, 2.45) is 0 Å². The van der Waals surface area contributed by atoms with Gasteiger partial charge in [0.1, 0.15) is 6.61 Å². The molecule has 2 rings (SSSR count). The first-order valence-corrected chi connectivity index (χ1v) is 8.07. The van der Waals surface area contributed by atoms with Crippen molar-refractivity contribution in [2.45, 2.75) is 12.8 Å². The Morgan fingerprint density at radius 3 is 2.32 bits per heavy atom. The van der Waals surface area contributed by atoms with Gasteiger partial charge in [-0.05, 0) is 30.2 Å². The van der Waals surface area contributed by atoms with Crippen molar-refractivity contribution in [1.29, 1.82) is 0 Å². The Morgan fingerprint density at radius 1 is 0.960 bits per heavy atom. The first-order chi connectivity index (χ1) is 12.2. The van der Waals surface area contributed by atoms with Crippen LogP contribution in [0.2, 0.25) is 0 Å². The van der Waals surface area contributed by atoms with Crippen molar-refractivity contribution in [2.75, 3.05) is 24.4 Å². The number of amides is 2. The minimum absolute atomic E-state index is 0.00959. The first-order valence-electron chi connectivity index (χ1n) is 8.07. The van der Waals surface area contributed by atoms with Crippen LogP contribution in [0.3, 0.4) is 0 Å². The van der Waals surface area contributed by atoms with Crippen LogP contribution in [0.5, 0.6) is 0 Å². The van der Waals surface area contributed by atoms with E-state index in [0.717, 1.165) is 5.56 Å². The van der Waals surface area contributed by atoms with Gasteiger partial charge < -0.3 is 15.4 Å². The van der Waals surface area contributed by atoms with Gasteiger partial charge in [-0.2, -0.15) is 0 Å². The molecule has 5 nitrogen and oxygen atoms in total. The lowest BCUT2D eigenvalue weighted by Crippen LogP contribution is -2.17. The Hall–Kier alpha value is -2.92. The predicted octanol–water partition coefficient (Wildman–Crippen LogP) is 3.70. The Kier molecular flexibility index (Phi) is 7.41. The number of benzene rings is 2. The molecule has 0 aromatic heterocycles. The number of hydrogen-bond donors (Lipinski definition) is 2. The summed E-state index contributed by atoms with van der Waals surface area (Å²) in [6.07, 6.45) is 5.03. The SMILES string of the molecule is COCC(=O)Nc1cccc(NC(=O)CCC=Cc2ccccc2)c1. The number of carbonyl (C=O) groups excluding carboxylic acids is 2. The third-order valence-corrected chi connectivity index (χ3v) is 3.35. The molecule has 0 unspecified atom stereocenters. The van der Waals surface area contributed by atoms with Crippen molar-refractivity contribution < 1.29 is 14.3 Å². The Balaban J connectivity index is 1.80. The average molecular weight is 338 g/mol. The molecule has 2 aromatic carbocycles. The molecule has 0 heterocycles. The highest BCUT2D eigenvalue weighted by Gasteiger charge is 2.04. The van der Waals surface area contributed by atoms with Crippen LogP contribution >= 0.6 is 0 Å². The molecule has 0 saturated carbocycles. The van der Waals surface area contributed by atoms with E-state index in [2.05, 4.69) is 10.6 Å². The lowest BCUT2D eigenvalue weighted by Gasteiger charge is -2.08. The largest absolute Gasteiger partial charge is 0.375 e. The molecule has 0 fully saturated rings. The second-order valence-corrected chi connectivity index (χ2v) is 5.46. The van der Waals surface area contributed by atoms with E-state index in [-0.39, 0.29) is 18.4 Å². The Bertz CT molecular complexity index is 727. The summed E-state index contributed by atoms with van der Waals surface area (Å²) in [7, 11) is 1.46. The van der Waals surface area contributed by atoms with Crippen molar-refractivity contribution >= 4 is 29.3 Å². The third-order valence-electron chi connectivity index (χ3n) is 3.35.